The van der Waals surface area contributed by atoms with E-state index in [0.29, 0.717) is 44.6 Å². The third-order valence-electron chi connectivity index (χ3n) is 6.63. The van der Waals surface area contributed by atoms with Crippen LogP contribution in [0.25, 0.3) is 0 Å². The van der Waals surface area contributed by atoms with Crippen LogP contribution in [-0.4, -0.2) is 59.0 Å². The third-order valence-corrected chi connectivity index (χ3v) is 6.63. The largest absolute Gasteiger partial charge is 0.342 e. The van der Waals surface area contributed by atoms with Crippen LogP contribution in [0, 0.1) is 23.5 Å². The molecule has 2 heterocycles. The van der Waals surface area contributed by atoms with Crippen molar-refractivity contribution in [3.63, 3.8) is 0 Å². The summed E-state index contributed by atoms with van der Waals surface area (Å²) in [6.45, 7) is 9.53. The number of carbonyl (C=O) groups excluding carboxylic acids is 3. The van der Waals surface area contributed by atoms with Crippen LogP contribution in [0.4, 0.5) is 8.78 Å². The highest BCUT2D eigenvalue weighted by Crippen LogP contribution is 2.39. The number of likely N-dealkylation sites (tertiary alicyclic amines) is 2. The van der Waals surface area contributed by atoms with Gasteiger partial charge in [-0.2, -0.15) is 0 Å². The zero-order valence-corrected chi connectivity index (χ0v) is 18.8. The van der Waals surface area contributed by atoms with Gasteiger partial charge in [0, 0.05) is 49.6 Å². The molecule has 2 fully saturated rings. The Morgan fingerprint density at radius 1 is 1.06 bits per heavy atom. The van der Waals surface area contributed by atoms with Crippen LogP contribution in [0.2, 0.25) is 0 Å². The van der Waals surface area contributed by atoms with Crippen LogP contribution in [0.1, 0.15) is 58.4 Å². The number of amides is 1. The van der Waals surface area contributed by atoms with Crippen LogP contribution < -0.4 is 0 Å². The molecule has 1 amide bonds. The molecule has 1 aromatic carbocycles. The lowest BCUT2D eigenvalue weighted by atomic mass is 9.85. The molecule has 2 atom stereocenters. The van der Waals surface area contributed by atoms with Crippen LogP contribution in [0.3, 0.4) is 0 Å². The van der Waals surface area contributed by atoms with E-state index in [1.54, 1.807) is 4.90 Å². The highest BCUT2D eigenvalue weighted by molar-refractivity contribution is 5.99. The highest BCUT2D eigenvalue weighted by atomic mass is 19.1. The van der Waals surface area contributed by atoms with Gasteiger partial charge in [-0.1, -0.05) is 6.07 Å². The summed E-state index contributed by atoms with van der Waals surface area (Å²) in [7, 11) is 0. The second-order valence-corrected chi connectivity index (χ2v) is 9.90. The molecule has 0 N–H and O–H groups in total. The number of rotatable bonds is 5. The summed E-state index contributed by atoms with van der Waals surface area (Å²) >= 11 is 0. The van der Waals surface area contributed by atoms with Crippen molar-refractivity contribution in [2.45, 2.75) is 58.4 Å². The van der Waals surface area contributed by atoms with E-state index in [9.17, 15) is 23.2 Å². The molecule has 31 heavy (non-hydrogen) atoms. The molecule has 1 aromatic rings. The van der Waals surface area contributed by atoms with E-state index in [-0.39, 0.29) is 41.3 Å². The van der Waals surface area contributed by atoms with Gasteiger partial charge in [0.1, 0.15) is 23.2 Å². The normalized spacial score (nSPS) is 23.2. The Morgan fingerprint density at radius 2 is 1.71 bits per heavy atom. The van der Waals surface area contributed by atoms with Crippen LogP contribution in [0.5, 0.6) is 0 Å². The molecular formula is C24H32F2N2O3. The first-order valence-electron chi connectivity index (χ1n) is 11.0. The molecule has 0 unspecified atom stereocenters. The number of hydrogen-bond acceptors (Lipinski definition) is 4. The molecule has 2 saturated heterocycles. The van der Waals surface area contributed by atoms with E-state index in [4.69, 9.17) is 0 Å². The molecule has 0 bridgehead atoms. The molecular weight excluding hydrogens is 402 g/mol. The van der Waals surface area contributed by atoms with E-state index < -0.39 is 17.6 Å². The standard InChI is InChI=1S/C24H32F2N2O3/c1-15(29)11-22(30)16-7-9-27(10-8-16)23(31)20-14-28(24(2,3)4)13-19(20)18-6-5-17(25)12-21(18)26/h5-6,12,16,19-20H,7-11,13-14H2,1-4H3/t19-,20+/m0/s1. The summed E-state index contributed by atoms with van der Waals surface area (Å²) in [6, 6.07) is 3.57. The number of nitrogens with zero attached hydrogens (tertiary/aromatic N) is 2. The van der Waals surface area contributed by atoms with Crippen molar-refractivity contribution >= 4 is 17.5 Å². The van der Waals surface area contributed by atoms with E-state index >= 15 is 0 Å². The number of carbonyl (C=O) groups is 3. The zero-order valence-electron chi connectivity index (χ0n) is 18.8. The fraction of sp³-hybridized carbons (Fsp3) is 0.625. The average Bonchev–Trinajstić information content (AvgIpc) is 3.12. The van der Waals surface area contributed by atoms with E-state index in [1.807, 2.05) is 0 Å². The molecule has 0 radical (unpaired) electrons. The number of benzene rings is 1. The first-order chi connectivity index (χ1) is 14.5. The maximum atomic E-state index is 14.6. The quantitative estimate of drug-likeness (QED) is 0.665. The maximum Gasteiger partial charge on any atom is 0.227 e. The smallest absolute Gasteiger partial charge is 0.227 e. The predicted molar refractivity (Wildman–Crippen MR) is 114 cm³/mol. The van der Waals surface area contributed by atoms with Crippen LogP contribution in [-0.2, 0) is 14.4 Å². The monoisotopic (exact) mass is 434 g/mol. The molecule has 0 spiro atoms. The average molecular weight is 435 g/mol. The van der Waals surface area contributed by atoms with Crippen molar-refractivity contribution in [1.82, 2.24) is 9.80 Å². The minimum Gasteiger partial charge on any atom is -0.342 e. The Bertz CT molecular complexity index is 857. The van der Waals surface area contributed by atoms with E-state index in [1.165, 1.54) is 19.1 Å². The highest BCUT2D eigenvalue weighted by Gasteiger charge is 2.44. The summed E-state index contributed by atoms with van der Waals surface area (Å²) < 4.78 is 28.1. The van der Waals surface area contributed by atoms with Crippen molar-refractivity contribution < 1.29 is 23.2 Å². The predicted octanol–water partition coefficient (Wildman–Crippen LogP) is 3.57. The molecule has 0 aliphatic carbocycles. The maximum absolute atomic E-state index is 14.6. The number of hydrogen-bond donors (Lipinski definition) is 0. The van der Waals surface area contributed by atoms with Gasteiger partial charge in [-0.3, -0.25) is 19.3 Å². The third kappa shape index (κ3) is 5.37. The van der Waals surface area contributed by atoms with Gasteiger partial charge in [-0.15, -0.1) is 0 Å². The van der Waals surface area contributed by atoms with Crippen molar-refractivity contribution in [3.8, 4) is 0 Å². The minimum atomic E-state index is -0.632. The Hall–Kier alpha value is -2.15. The number of piperidine rings is 1. The second-order valence-electron chi connectivity index (χ2n) is 9.90. The molecule has 3 rings (SSSR count). The van der Waals surface area contributed by atoms with Gasteiger partial charge >= 0.3 is 0 Å². The molecule has 5 nitrogen and oxygen atoms in total. The van der Waals surface area contributed by atoms with Crippen LogP contribution in [0.15, 0.2) is 18.2 Å². The SMILES string of the molecule is CC(=O)CC(=O)C1CCN(C(=O)[C@@H]2CN(C(C)(C)C)C[C@H]2c2ccc(F)cc2F)CC1. The van der Waals surface area contributed by atoms with Gasteiger partial charge in [0.15, 0.2) is 0 Å². The van der Waals surface area contributed by atoms with Crippen LogP contribution >= 0.6 is 0 Å². The molecule has 0 saturated carbocycles. The summed E-state index contributed by atoms with van der Waals surface area (Å²) in [4.78, 5) is 40.8. The van der Waals surface area contributed by atoms with Gasteiger partial charge in [0.25, 0.3) is 0 Å². The summed E-state index contributed by atoms with van der Waals surface area (Å²) in [5, 5.41) is 0. The Kier molecular flexibility index (Phi) is 6.94. The van der Waals surface area contributed by atoms with E-state index in [2.05, 4.69) is 25.7 Å². The lowest BCUT2D eigenvalue weighted by molar-refractivity contribution is -0.139. The van der Waals surface area contributed by atoms with Crippen molar-refractivity contribution in [3.05, 3.63) is 35.4 Å². The summed E-state index contributed by atoms with van der Waals surface area (Å²) in [5.41, 5.74) is 0.189. The molecule has 2 aliphatic heterocycles. The minimum absolute atomic E-state index is 0.0436. The Balaban J connectivity index is 1.76. The van der Waals surface area contributed by atoms with Gasteiger partial charge in [-0.25, -0.2) is 8.78 Å². The molecule has 2 aliphatic rings. The number of Topliss-reactive ketones (excluding diaryl/α,β-unsaturated/α-hetero) is 2. The van der Waals surface area contributed by atoms with Crippen molar-refractivity contribution in [2.24, 2.45) is 11.8 Å². The fourth-order valence-corrected chi connectivity index (χ4v) is 4.77. The summed E-state index contributed by atoms with van der Waals surface area (Å²) in [6.07, 6.45) is 1.04. The first kappa shape index (κ1) is 23.5. The number of halogens is 2. The lowest BCUT2D eigenvalue weighted by Gasteiger charge is -2.34. The van der Waals surface area contributed by atoms with E-state index in [0.717, 1.165) is 6.07 Å². The second kappa shape index (κ2) is 9.15. The molecule has 170 valence electrons. The zero-order chi connectivity index (χ0) is 22.9. The van der Waals surface area contributed by atoms with Gasteiger partial charge in [0.05, 0.1) is 12.3 Å². The molecule has 7 heteroatoms. The Labute approximate surface area is 182 Å². The lowest BCUT2D eigenvalue weighted by Crippen LogP contribution is -2.45. The van der Waals surface area contributed by atoms with Gasteiger partial charge in [-0.05, 0) is 52.2 Å². The molecule has 0 aromatic heterocycles. The fourth-order valence-electron chi connectivity index (χ4n) is 4.77. The summed E-state index contributed by atoms with van der Waals surface area (Å²) in [5.74, 6) is -2.45. The van der Waals surface area contributed by atoms with Gasteiger partial charge in [0.2, 0.25) is 5.91 Å². The van der Waals surface area contributed by atoms with Gasteiger partial charge < -0.3 is 4.90 Å². The van der Waals surface area contributed by atoms with Crippen molar-refractivity contribution in [1.29, 1.82) is 0 Å². The Morgan fingerprint density at radius 3 is 2.26 bits per heavy atom. The van der Waals surface area contributed by atoms with Crippen molar-refractivity contribution in [2.75, 3.05) is 26.2 Å². The first-order valence-corrected chi connectivity index (χ1v) is 11.0. The topological polar surface area (TPSA) is 57.7 Å². The number of ketones is 2.